The first-order chi connectivity index (χ1) is 8.61. The molecule has 0 fully saturated rings. The molecule has 2 rings (SSSR count). The lowest BCUT2D eigenvalue weighted by molar-refractivity contribution is 0.565. The van der Waals surface area contributed by atoms with Crippen LogP contribution in [0.3, 0.4) is 0 Å². The van der Waals surface area contributed by atoms with E-state index in [4.69, 9.17) is 17.3 Å². The maximum atomic E-state index is 13.5. The number of rotatable bonds is 3. The highest BCUT2D eigenvalue weighted by Crippen LogP contribution is 2.34. The highest BCUT2D eigenvalue weighted by molar-refractivity contribution is 7.99. The van der Waals surface area contributed by atoms with E-state index >= 15 is 0 Å². The molecule has 0 bridgehead atoms. The van der Waals surface area contributed by atoms with Crippen molar-refractivity contribution >= 4 is 23.4 Å². The van der Waals surface area contributed by atoms with Crippen LogP contribution in [0.4, 0.5) is 8.78 Å². The number of nitrogens with two attached hydrogens (primary N) is 1. The van der Waals surface area contributed by atoms with E-state index in [1.54, 1.807) is 12.1 Å². The maximum absolute atomic E-state index is 13.5. The third kappa shape index (κ3) is 2.83. The smallest absolute Gasteiger partial charge is 0.140 e. The predicted molar refractivity (Wildman–Crippen MR) is 69.8 cm³/mol. The van der Waals surface area contributed by atoms with Crippen LogP contribution in [0.2, 0.25) is 5.02 Å². The number of halogens is 3. The summed E-state index contributed by atoms with van der Waals surface area (Å²) in [6.45, 7) is 0.269. The van der Waals surface area contributed by atoms with Crippen LogP contribution in [0, 0.1) is 11.6 Å². The second-order valence-corrected chi connectivity index (χ2v) is 5.09. The zero-order chi connectivity index (χ0) is 13.1. The molecule has 0 amide bonds. The molecule has 0 aliphatic heterocycles. The average molecular weight is 286 g/mol. The van der Waals surface area contributed by atoms with E-state index in [0.717, 1.165) is 16.5 Å². The van der Waals surface area contributed by atoms with Gasteiger partial charge in [-0.25, -0.2) is 8.78 Å². The van der Waals surface area contributed by atoms with Gasteiger partial charge in [-0.15, -0.1) is 0 Å². The van der Waals surface area contributed by atoms with Crippen molar-refractivity contribution in [2.75, 3.05) is 0 Å². The van der Waals surface area contributed by atoms with Gasteiger partial charge >= 0.3 is 0 Å². The second-order valence-electron chi connectivity index (χ2n) is 3.60. The van der Waals surface area contributed by atoms with E-state index in [2.05, 4.69) is 0 Å². The maximum Gasteiger partial charge on any atom is 0.140 e. The fourth-order valence-electron chi connectivity index (χ4n) is 1.51. The van der Waals surface area contributed by atoms with E-state index in [9.17, 15) is 8.78 Å². The molecule has 94 valence electrons. The topological polar surface area (TPSA) is 26.0 Å². The zero-order valence-electron chi connectivity index (χ0n) is 9.29. The van der Waals surface area contributed by atoms with Gasteiger partial charge in [0.25, 0.3) is 0 Å². The van der Waals surface area contributed by atoms with Crippen LogP contribution in [-0.4, -0.2) is 0 Å². The van der Waals surface area contributed by atoms with Gasteiger partial charge < -0.3 is 5.73 Å². The lowest BCUT2D eigenvalue weighted by Crippen LogP contribution is -1.99. The van der Waals surface area contributed by atoms with Crippen molar-refractivity contribution in [1.29, 1.82) is 0 Å². The molecule has 0 aliphatic carbocycles. The molecule has 0 saturated carbocycles. The Hall–Kier alpha value is -1.10. The first kappa shape index (κ1) is 13.3. The van der Waals surface area contributed by atoms with Crippen LogP contribution >= 0.6 is 23.4 Å². The molecule has 0 aromatic heterocycles. The fourth-order valence-corrected chi connectivity index (χ4v) is 2.81. The van der Waals surface area contributed by atoms with Gasteiger partial charge in [0.2, 0.25) is 0 Å². The molecule has 0 heterocycles. The summed E-state index contributed by atoms with van der Waals surface area (Å²) in [5.41, 5.74) is 6.37. The Morgan fingerprint density at radius 2 is 1.89 bits per heavy atom. The van der Waals surface area contributed by atoms with Gasteiger partial charge in [0.05, 0.1) is 0 Å². The Bertz CT molecular complexity index is 575. The van der Waals surface area contributed by atoms with Crippen LogP contribution in [0.5, 0.6) is 0 Å². The summed E-state index contributed by atoms with van der Waals surface area (Å²) in [5, 5.41) is 0.546. The highest BCUT2D eigenvalue weighted by Gasteiger charge is 2.10. The molecule has 0 spiro atoms. The molecule has 2 aromatic rings. The van der Waals surface area contributed by atoms with Crippen molar-refractivity contribution in [1.82, 2.24) is 0 Å². The summed E-state index contributed by atoms with van der Waals surface area (Å²) in [6, 6.07) is 8.78. The molecule has 0 atom stereocenters. The highest BCUT2D eigenvalue weighted by atomic mass is 35.5. The number of hydrogen-bond acceptors (Lipinski definition) is 2. The van der Waals surface area contributed by atoms with Crippen LogP contribution < -0.4 is 5.73 Å². The molecule has 18 heavy (non-hydrogen) atoms. The van der Waals surface area contributed by atoms with Gasteiger partial charge in [-0.1, -0.05) is 29.4 Å². The van der Waals surface area contributed by atoms with Crippen molar-refractivity contribution in [2.45, 2.75) is 16.3 Å². The SMILES string of the molecule is NCc1c(Cl)cccc1Sc1ccc(F)cc1F. The number of benzene rings is 2. The Morgan fingerprint density at radius 1 is 1.11 bits per heavy atom. The molecule has 0 unspecified atom stereocenters. The van der Waals surface area contributed by atoms with Gasteiger partial charge in [-0.05, 0) is 29.8 Å². The van der Waals surface area contributed by atoms with E-state index in [0.29, 0.717) is 9.92 Å². The van der Waals surface area contributed by atoms with Gasteiger partial charge in [-0.3, -0.25) is 0 Å². The second kappa shape index (κ2) is 5.69. The molecule has 0 radical (unpaired) electrons. The average Bonchev–Trinajstić information content (AvgIpc) is 2.33. The summed E-state index contributed by atoms with van der Waals surface area (Å²) in [7, 11) is 0. The van der Waals surface area contributed by atoms with E-state index in [1.807, 2.05) is 6.07 Å². The van der Waals surface area contributed by atoms with Crippen molar-refractivity contribution < 1.29 is 8.78 Å². The summed E-state index contributed by atoms with van der Waals surface area (Å²) < 4.78 is 26.4. The Morgan fingerprint density at radius 3 is 2.56 bits per heavy atom. The molecular weight excluding hydrogens is 276 g/mol. The lowest BCUT2D eigenvalue weighted by atomic mass is 10.2. The predicted octanol–water partition coefficient (Wildman–Crippen LogP) is 4.23. The molecule has 0 saturated heterocycles. The molecule has 2 N–H and O–H groups in total. The van der Waals surface area contributed by atoms with Gasteiger partial charge in [0, 0.05) is 27.4 Å². The largest absolute Gasteiger partial charge is 0.326 e. The van der Waals surface area contributed by atoms with Gasteiger partial charge in [-0.2, -0.15) is 0 Å². The van der Waals surface area contributed by atoms with Gasteiger partial charge in [0.15, 0.2) is 0 Å². The summed E-state index contributed by atoms with van der Waals surface area (Å²) >= 11 is 7.20. The van der Waals surface area contributed by atoms with Crippen molar-refractivity contribution in [3.8, 4) is 0 Å². The number of hydrogen-bond donors (Lipinski definition) is 1. The summed E-state index contributed by atoms with van der Waals surface area (Å²) in [5.74, 6) is -1.19. The van der Waals surface area contributed by atoms with Crippen LogP contribution in [0.25, 0.3) is 0 Å². The van der Waals surface area contributed by atoms with Crippen molar-refractivity contribution in [3.63, 3.8) is 0 Å². The molecule has 0 aliphatic rings. The van der Waals surface area contributed by atoms with E-state index in [-0.39, 0.29) is 6.54 Å². The molecular formula is C13H10ClF2NS. The quantitative estimate of drug-likeness (QED) is 0.913. The lowest BCUT2D eigenvalue weighted by Gasteiger charge is -2.09. The normalized spacial score (nSPS) is 10.7. The minimum absolute atomic E-state index is 0.269. The first-order valence-electron chi connectivity index (χ1n) is 5.22. The summed E-state index contributed by atoms with van der Waals surface area (Å²) in [6.07, 6.45) is 0. The zero-order valence-corrected chi connectivity index (χ0v) is 10.9. The van der Waals surface area contributed by atoms with Crippen LogP contribution in [-0.2, 0) is 6.54 Å². The van der Waals surface area contributed by atoms with Crippen LogP contribution in [0.1, 0.15) is 5.56 Å². The third-order valence-corrected chi connectivity index (χ3v) is 3.90. The summed E-state index contributed by atoms with van der Waals surface area (Å²) in [4.78, 5) is 1.11. The fraction of sp³-hybridized carbons (Fsp3) is 0.0769. The minimum Gasteiger partial charge on any atom is -0.326 e. The first-order valence-corrected chi connectivity index (χ1v) is 6.41. The molecule has 1 nitrogen and oxygen atoms in total. The van der Waals surface area contributed by atoms with E-state index < -0.39 is 11.6 Å². The standard InChI is InChI=1S/C13H10ClF2NS/c14-10-2-1-3-12(9(10)7-17)18-13-5-4-8(15)6-11(13)16/h1-6H,7,17H2. The van der Waals surface area contributed by atoms with Gasteiger partial charge in [0.1, 0.15) is 11.6 Å². The Labute approximate surface area is 113 Å². The Kier molecular flexibility index (Phi) is 4.22. The monoisotopic (exact) mass is 285 g/mol. The third-order valence-electron chi connectivity index (χ3n) is 2.39. The Balaban J connectivity index is 2.37. The van der Waals surface area contributed by atoms with Crippen molar-refractivity contribution in [3.05, 3.63) is 58.6 Å². The van der Waals surface area contributed by atoms with Crippen molar-refractivity contribution in [2.24, 2.45) is 5.73 Å². The molecule has 5 heteroatoms. The molecule has 2 aromatic carbocycles. The van der Waals surface area contributed by atoms with E-state index in [1.165, 1.54) is 23.9 Å². The van der Waals surface area contributed by atoms with Crippen LogP contribution in [0.15, 0.2) is 46.2 Å². The minimum atomic E-state index is -0.595.